The molecular formula is C14H14N2O. The average Bonchev–Trinajstić information content (AvgIpc) is 2.40. The monoisotopic (exact) mass is 226 g/mol. The quantitative estimate of drug-likeness (QED) is 0.854. The van der Waals surface area contributed by atoms with E-state index < -0.39 is 0 Å². The molecule has 0 unspecified atom stereocenters. The Balaban J connectivity index is 1.93. The molecule has 17 heavy (non-hydrogen) atoms. The maximum atomic E-state index is 5.83. The molecule has 2 heterocycles. The fourth-order valence-electron chi connectivity index (χ4n) is 2.10. The predicted octanol–water partition coefficient (Wildman–Crippen LogP) is 2.52. The number of nitrogens with one attached hydrogen (secondary N) is 1. The summed E-state index contributed by atoms with van der Waals surface area (Å²) in [6, 6.07) is 11.9. The van der Waals surface area contributed by atoms with Crippen LogP contribution in [0.3, 0.4) is 0 Å². The zero-order valence-electron chi connectivity index (χ0n) is 9.52. The number of ether oxygens (including phenoxy) is 1. The molecule has 0 atom stereocenters. The van der Waals surface area contributed by atoms with Crippen LogP contribution in [-0.2, 0) is 13.0 Å². The second-order valence-corrected chi connectivity index (χ2v) is 4.09. The average molecular weight is 226 g/mol. The van der Waals surface area contributed by atoms with Crippen LogP contribution in [0, 0.1) is 0 Å². The smallest absolute Gasteiger partial charge is 0.219 e. The Morgan fingerprint density at radius 1 is 1.12 bits per heavy atom. The number of fused-ring (bicyclic) bond motifs is 1. The van der Waals surface area contributed by atoms with Gasteiger partial charge in [-0.3, -0.25) is 0 Å². The molecule has 0 radical (unpaired) electrons. The van der Waals surface area contributed by atoms with Crippen molar-refractivity contribution < 1.29 is 4.74 Å². The van der Waals surface area contributed by atoms with E-state index in [1.807, 2.05) is 30.3 Å². The fourth-order valence-corrected chi connectivity index (χ4v) is 2.10. The number of hydrogen-bond acceptors (Lipinski definition) is 3. The molecule has 0 fully saturated rings. The first-order chi connectivity index (χ1) is 8.43. The number of nitrogens with zero attached hydrogens (tertiary/aromatic N) is 1. The highest BCUT2D eigenvalue weighted by atomic mass is 16.5. The maximum Gasteiger partial charge on any atom is 0.219 e. The Hall–Kier alpha value is -1.87. The van der Waals surface area contributed by atoms with Crippen molar-refractivity contribution in [3.63, 3.8) is 0 Å². The maximum absolute atomic E-state index is 5.83. The van der Waals surface area contributed by atoms with E-state index in [2.05, 4.69) is 16.4 Å². The molecule has 2 aromatic rings. The largest absolute Gasteiger partial charge is 0.439 e. The van der Waals surface area contributed by atoms with Gasteiger partial charge in [-0.05, 0) is 30.7 Å². The summed E-state index contributed by atoms with van der Waals surface area (Å²) in [6.07, 6.45) is 2.80. The van der Waals surface area contributed by atoms with Gasteiger partial charge in [0.15, 0.2) is 0 Å². The van der Waals surface area contributed by atoms with Gasteiger partial charge < -0.3 is 10.1 Å². The lowest BCUT2D eigenvalue weighted by Gasteiger charge is -2.19. The first-order valence-electron chi connectivity index (χ1n) is 5.84. The number of aromatic nitrogens is 1. The van der Waals surface area contributed by atoms with Crippen LogP contribution in [0.25, 0.3) is 0 Å². The summed E-state index contributed by atoms with van der Waals surface area (Å²) in [6.45, 7) is 1.92. The topological polar surface area (TPSA) is 34.1 Å². The van der Waals surface area contributed by atoms with Crippen molar-refractivity contribution in [1.82, 2.24) is 10.3 Å². The van der Waals surface area contributed by atoms with Crippen LogP contribution < -0.4 is 10.1 Å². The molecule has 0 bridgehead atoms. The molecule has 3 heteroatoms. The lowest BCUT2D eigenvalue weighted by Crippen LogP contribution is -2.23. The van der Waals surface area contributed by atoms with Crippen molar-refractivity contribution >= 4 is 0 Å². The van der Waals surface area contributed by atoms with E-state index in [0.29, 0.717) is 5.88 Å². The Labute approximate surface area is 100 Å². The lowest BCUT2D eigenvalue weighted by atomic mass is 10.0. The van der Waals surface area contributed by atoms with E-state index in [1.54, 1.807) is 6.20 Å². The third-order valence-corrected chi connectivity index (χ3v) is 2.96. The number of rotatable bonds is 2. The van der Waals surface area contributed by atoms with Crippen LogP contribution in [0.1, 0.15) is 11.1 Å². The highest BCUT2D eigenvalue weighted by Gasteiger charge is 2.13. The Bertz CT molecular complexity index is 511. The van der Waals surface area contributed by atoms with Gasteiger partial charge in [0.25, 0.3) is 0 Å². The second kappa shape index (κ2) is 4.55. The van der Waals surface area contributed by atoms with Gasteiger partial charge in [0.2, 0.25) is 5.88 Å². The van der Waals surface area contributed by atoms with Gasteiger partial charge in [-0.25, -0.2) is 4.98 Å². The number of hydrogen-bond donors (Lipinski definition) is 1. The molecule has 3 nitrogen and oxygen atoms in total. The van der Waals surface area contributed by atoms with Gasteiger partial charge in [0.05, 0.1) is 0 Å². The van der Waals surface area contributed by atoms with Crippen LogP contribution in [-0.4, -0.2) is 11.5 Å². The summed E-state index contributed by atoms with van der Waals surface area (Å²) in [4.78, 5) is 4.18. The summed E-state index contributed by atoms with van der Waals surface area (Å²) in [5, 5.41) is 3.37. The van der Waals surface area contributed by atoms with E-state index >= 15 is 0 Å². The minimum absolute atomic E-state index is 0.645. The predicted molar refractivity (Wildman–Crippen MR) is 66.2 cm³/mol. The number of pyridine rings is 1. The third kappa shape index (κ3) is 2.15. The Morgan fingerprint density at radius 2 is 2.12 bits per heavy atom. The van der Waals surface area contributed by atoms with Crippen molar-refractivity contribution in [2.24, 2.45) is 0 Å². The normalized spacial score (nSPS) is 14.1. The highest BCUT2D eigenvalue weighted by Crippen LogP contribution is 2.28. The van der Waals surface area contributed by atoms with Gasteiger partial charge in [-0.1, -0.05) is 18.2 Å². The van der Waals surface area contributed by atoms with Crippen molar-refractivity contribution in [2.45, 2.75) is 13.0 Å². The van der Waals surface area contributed by atoms with E-state index in [0.717, 1.165) is 25.3 Å². The van der Waals surface area contributed by atoms with E-state index in [9.17, 15) is 0 Å². The van der Waals surface area contributed by atoms with E-state index in [1.165, 1.54) is 11.1 Å². The summed E-state index contributed by atoms with van der Waals surface area (Å²) < 4.78 is 5.83. The minimum atomic E-state index is 0.645. The van der Waals surface area contributed by atoms with Gasteiger partial charge in [0, 0.05) is 24.4 Å². The Kier molecular flexibility index (Phi) is 2.76. The summed E-state index contributed by atoms with van der Waals surface area (Å²) in [5.74, 6) is 1.56. The molecule has 1 aromatic heterocycles. The van der Waals surface area contributed by atoms with Crippen molar-refractivity contribution in [2.75, 3.05) is 6.54 Å². The van der Waals surface area contributed by atoms with Gasteiger partial charge >= 0.3 is 0 Å². The molecule has 1 N–H and O–H groups in total. The zero-order chi connectivity index (χ0) is 11.5. The fraction of sp³-hybridized carbons (Fsp3) is 0.214. The summed E-state index contributed by atoms with van der Waals surface area (Å²) >= 11 is 0. The van der Waals surface area contributed by atoms with Gasteiger partial charge in [0.1, 0.15) is 5.75 Å². The minimum Gasteiger partial charge on any atom is -0.439 e. The molecule has 0 saturated heterocycles. The van der Waals surface area contributed by atoms with Crippen molar-refractivity contribution in [3.05, 3.63) is 53.7 Å². The van der Waals surface area contributed by atoms with Crippen LogP contribution in [0.2, 0.25) is 0 Å². The van der Waals surface area contributed by atoms with Crippen molar-refractivity contribution in [1.29, 1.82) is 0 Å². The zero-order valence-corrected chi connectivity index (χ0v) is 9.52. The molecule has 0 aliphatic carbocycles. The SMILES string of the molecule is c1ccc(Oc2cccc3c2CNCC3)nc1. The first kappa shape index (κ1) is 10.3. The summed E-state index contributed by atoms with van der Waals surface area (Å²) in [7, 11) is 0. The van der Waals surface area contributed by atoms with Crippen LogP contribution in [0.4, 0.5) is 0 Å². The standard InChI is InChI=1S/C14H14N2O/c1-2-8-16-14(6-1)17-13-5-3-4-11-7-9-15-10-12(11)13/h1-6,8,15H,7,9-10H2. The van der Waals surface area contributed by atoms with Crippen LogP contribution in [0.15, 0.2) is 42.6 Å². The molecule has 0 amide bonds. The molecule has 0 saturated carbocycles. The first-order valence-corrected chi connectivity index (χ1v) is 5.84. The molecule has 3 rings (SSSR count). The van der Waals surface area contributed by atoms with Crippen LogP contribution in [0.5, 0.6) is 11.6 Å². The molecule has 86 valence electrons. The highest BCUT2D eigenvalue weighted by molar-refractivity contribution is 5.43. The Morgan fingerprint density at radius 3 is 3.00 bits per heavy atom. The molecule has 1 aromatic carbocycles. The molecule has 0 spiro atoms. The molecule has 1 aliphatic heterocycles. The molecule has 1 aliphatic rings. The van der Waals surface area contributed by atoms with Crippen molar-refractivity contribution in [3.8, 4) is 11.6 Å². The van der Waals surface area contributed by atoms with Crippen LogP contribution >= 0.6 is 0 Å². The molecular weight excluding hydrogens is 212 g/mol. The third-order valence-electron chi connectivity index (χ3n) is 2.96. The van der Waals surface area contributed by atoms with Gasteiger partial charge in [-0.15, -0.1) is 0 Å². The van der Waals surface area contributed by atoms with E-state index in [-0.39, 0.29) is 0 Å². The van der Waals surface area contributed by atoms with Gasteiger partial charge in [-0.2, -0.15) is 0 Å². The number of benzene rings is 1. The second-order valence-electron chi connectivity index (χ2n) is 4.09. The summed E-state index contributed by atoms with van der Waals surface area (Å²) in [5.41, 5.74) is 2.63. The lowest BCUT2D eigenvalue weighted by molar-refractivity contribution is 0.450. The van der Waals surface area contributed by atoms with E-state index in [4.69, 9.17) is 4.74 Å².